The van der Waals surface area contributed by atoms with Gasteiger partial charge in [-0.2, -0.15) is 4.31 Å². The van der Waals surface area contributed by atoms with E-state index in [1.807, 2.05) is 19.1 Å². The maximum absolute atomic E-state index is 12.7. The van der Waals surface area contributed by atoms with Gasteiger partial charge in [0.05, 0.1) is 4.90 Å². The van der Waals surface area contributed by atoms with Gasteiger partial charge < -0.3 is 5.73 Å². The number of nitrogens with zero attached hydrogens (tertiary/aromatic N) is 2. The standard InChI is InChI=1S/C15H25N3O2S/c1-3-14(12-16)17-8-10-18(11-9-17)21(19,20)15-7-5-4-6-13(15)2/h4-7,14H,3,8-12,16H2,1-2H3. The van der Waals surface area contributed by atoms with Crippen LogP contribution in [0.4, 0.5) is 0 Å². The number of hydrogen-bond donors (Lipinski definition) is 1. The highest BCUT2D eigenvalue weighted by atomic mass is 32.2. The van der Waals surface area contributed by atoms with Crippen molar-refractivity contribution in [3.8, 4) is 0 Å². The Bertz CT molecular complexity index is 562. The van der Waals surface area contributed by atoms with Gasteiger partial charge in [0.15, 0.2) is 0 Å². The molecule has 6 heteroatoms. The zero-order valence-corrected chi connectivity index (χ0v) is 13.6. The molecule has 0 spiro atoms. The Morgan fingerprint density at radius 3 is 2.33 bits per heavy atom. The minimum Gasteiger partial charge on any atom is -0.329 e. The molecule has 0 radical (unpaired) electrons. The van der Waals surface area contributed by atoms with Crippen molar-refractivity contribution >= 4 is 10.0 Å². The topological polar surface area (TPSA) is 66.6 Å². The lowest BCUT2D eigenvalue weighted by Gasteiger charge is -2.38. The van der Waals surface area contributed by atoms with Gasteiger partial charge in [0.2, 0.25) is 10.0 Å². The number of benzene rings is 1. The van der Waals surface area contributed by atoms with Crippen molar-refractivity contribution in [1.29, 1.82) is 0 Å². The van der Waals surface area contributed by atoms with E-state index in [9.17, 15) is 8.42 Å². The average Bonchev–Trinajstić information content (AvgIpc) is 2.49. The molecule has 1 heterocycles. The summed E-state index contributed by atoms with van der Waals surface area (Å²) in [5, 5.41) is 0. The Kier molecular flexibility index (Phi) is 5.37. The maximum Gasteiger partial charge on any atom is 0.243 e. The molecule has 2 N–H and O–H groups in total. The quantitative estimate of drug-likeness (QED) is 0.882. The van der Waals surface area contributed by atoms with Crippen LogP contribution in [0.1, 0.15) is 18.9 Å². The van der Waals surface area contributed by atoms with Crippen LogP contribution in [0, 0.1) is 6.92 Å². The molecular formula is C15H25N3O2S. The first-order valence-corrected chi connectivity index (χ1v) is 8.94. The summed E-state index contributed by atoms with van der Waals surface area (Å²) in [5.74, 6) is 0. The largest absolute Gasteiger partial charge is 0.329 e. The molecule has 1 aromatic carbocycles. The highest BCUT2D eigenvalue weighted by Crippen LogP contribution is 2.21. The van der Waals surface area contributed by atoms with Gasteiger partial charge in [-0.15, -0.1) is 0 Å². The summed E-state index contributed by atoms with van der Waals surface area (Å²) in [6, 6.07) is 7.52. The number of piperazine rings is 1. The Morgan fingerprint density at radius 1 is 1.19 bits per heavy atom. The zero-order chi connectivity index (χ0) is 15.5. The van der Waals surface area contributed by atoms with Crippen molar-refractivity contribution in [2.24, 2.45) is 5.73 Å². The van der Waals surface area contributed by atoms with Crippen LogP contribution in [0.25, 0.3) is 0 Å². The van der Waals surface area contributed by atoms with E-state index in [1.54, 1.807) is 16.4 Å². The second-order valence-corrected chi connectivity index (χ2v) is 7.41. The molecule has 1 saturated heterocycles. The van der Waals surface area contributed by atoms with Crippen molar-refractivity contribution in [3.05, 3.63) is 29.8 Å². The molecule has 0 aromatic heterocycles. The molecule has 0 saturated carbocycles. The first kappa shape index (κ1) is 16.4. The van der Waals surface area contributed by atoms with E-state index in [2.05, 4.69) is 11.8 Å². The second kappa shape index (κ2) is 6.87. The Hall–Kier alpha value is -0.950. The van der Waals surface area contributed by atoms with Crippen LogP contribution < -0.4 is 5.73 Å². The van der Waals surface area contributed by atoms with Crippen molar-refractivity contribution in [1.82, 2.24) is 9.21 Å². The summed E-state index contributed by atoms with van der Waals surface area (Å²) >= 11 is 0. The molecule has 0 aliphatic carbocycles. The number of aryl methyl sites for hydroxylation is 1. The predicted molar refractivity (Wildman–Crippen MR) is 84.6 cm³/mol. The fraction of sp³-hybridized carbons (Fsp3) is 0.600. The zero-order valence-electron chi connectivity index (χ0n) is 12.8. The molecule has 1 atom stereocenters. The number of nitrogens with two attached hydrogens (primary N) is 1. The molecule has 0 bridgehead atoms. The van der Waals surface area contributed by atoms with E-state index in [1.165, 1.54) is 0 Å². The normalized spacial score (nSPS) is 19.6. The van der Waals surface area contributed by atoms with Crippen molar-refractivity contribution in [2.75, 3.05) is 32.7 Å². The molecular weight excluding hydrogens is 286 g/mol. The SMILES string of the molecule is CCC(CN)N1CCN(S(=O)(=O)c2ccccc2C)CC1. The van der Waals surface area contributed by atoms with E-state index >= 15 is 0 Å². The van der Waals surface area contributed by atoms with Gasteiger partial charge in [-0.3, -0.25) is 4.90 Å². The molecule has 1 aliphatic rings. The molecule has 1 aromatic rings. The number of sulfonamides is 1. The second-order valence-electron chi connectivity index (χ2n) is 5.50. The monoisotopic (exact) mass is 311 g/mol. The predicted octanol–water partition coefficient (Wildman–Crippen LogP) is 1.04. The highest BCUT2D eigenvalue weighted by molar-refractivity contribution is 7.89. The maximum atomic E-state index is 12.7. The van der Waals surface area contributed by atoms with Crippen molar-refractivity contribution < 1.29 is 8.42 Å². The summed E-state index contributed by atoms with van der Waals surface area (Å²) in [4.78, 5) is 2.72. The van der Waals surface area contributed by atoms with E-state index in [4.69, 9.17) is 5.73 Å². The lowest BCUT2D eigenvalue weighted by Crippen LogP contribution is -2.53. The minimum absolute atomic E-state index is 0.355. The lowest BCUT2D eigenvalue weighted by atomic mass is 10.1. The molecule has 0 amide bonds. The third-order valence-electron chi connectivity index (χ3n) is 4.24. The molecule has 1 fully saturated rings. The summed E-state index contributed by atoms with van der Waals surface area (Å²) in [5.41, 5.74) is 6.57. The minimum atomic E-state index is -3.38. The van der Waals surface area contributed by atoms with Gasteiger partial charge in [-0.1, -0.05) is 25.1 Å². The third kappa shape index (κ3) is 3.45. The van der Waals surface area contributed by atoms with Gasteiger partial charge in [0, 0.05) is 38.8 Å². The summed E-state index contributed by atoms with van der Waals surface area (Å²) in [6.45, 7) is 7.15. The van der Waals surface area contributed by atoms with Crippen LogP contribution in [0.3, 0.4) is 0 Å². The lowest BCUT2D eigenvalue weighted by molar-refractivity contribution is 0.137. The Morgan fingerprint density at radius 2 is 1.81 bits per heavy atom. The van der Waals surface area contributed by atoms with Gasteiger partial charge in [0.1, 0.15) is 0 Å². The van der Waals surface area contributed by atoms with E-state index in [0.29, 0.717) is 30.6 Å². The molecule has 2 rings (SSSR count). The van der Waals surface area contributed by atoms with Gasteiger partial charge in [-0.25, -0.2) is 8.42 Å². The average molecular weight is 311 g/mol. The van der Waals surface area contributed by atoms with Crippen LogP contribution in [-0.2, 0) is 10.0 Å². The van der Waals surface area contributed by atoms with E-state index in [-0.39, 0.29) is 0 Å². The summed E-state index contributed by atoms with van der Waals surface area (Å²) in [6.07, 6.45) is 1.00. The van der Waals surface area contributed by atoms with Crippen LogP contribution in [0.5, 0.6) is 0 Å². The van der Waals surface area contributed by atoms with Crippen LogP contribution in [-0.4, -0.2) is 56.4 Å². The van der Waals surface area contributed by atoms with Crippen molar-refractivity contribution in [3.63, 3.8) is 0 Å². The first-order valence-electron chi connectivity index (χ1n) is 7.50. The molecule has 1 aliphatic heterocycles. The first-order chi connectivity index (χ1) is 10.0. The van der Waals surface area contributed by atoms with Crippen LogP contribution in [0.15, 0.2) is 29.2 Å². The van der Waals surface area contributed by atoms with Gasteiger partial charge >= 0.3 is 0 Å². The van der Waals surface area contributed by atoms with E-state index < -0.39 is 10.0 Å². The number of rotatable bonds is 5. The Labute approximate surface area is 127 Å². The van der Waals surface area contributed by atoms with Gasteiger partial charge in [0.25, 0.3) is 0 Å². The Balaban J connectivity index is 2.10. The summed E-state index contributed by atoms with van der Waals surface area (Å²) < 4.78 is 27.0. The molecule has 5 nitrogen and oxygen atoms in total. The fourth-order valence-electron chi connectivity index (χ4n) is 2.87. The molecule has 118 valence electrons. The number of hydrogen-bond acceptors (Lipinski definition) is 4. The van der Waals surface area contributed by atoms with Gasteiger partial charge in [-0.05, 0) is 25.0 Å². The van der Waals surface area contributed by atoms with E-state index in [0.717, 1.165) is 25.1 Å². The third-order valence-corrected chi connectivity index (χ3v) is 6.30. The summed E-state index contributed by atoms with van der Waals surface area (Å²) in [7, 11) is -3.38. The van der Waals surface area contributed by atoms with Crippen LogP contribution >= 0.6 is 0 Å². The van der Waals surface area contributed by atoms with Crippen molar-refractivity contribution in [2.45, 2.75) is 31.2 Å². The molecule has 21 heavy (non-hydrogen) atoms. The smallest absolute Gasteiger partial charge is 0.243 e. The highest BCUT2D eigenvalue weighted by Gasteiger charge is 2.30. The molecule has 1 unspecified atom stereocenters. The van der Waals surface area contributed by atoms with Crippen LogP contribution in [0.2, 0.25) is 0 Å². The fourth-order valence-corrected chi connectivity index (χ4v) is 4.52.